The zero-order chi connectivity index (χ0) is 11.7. The van der Waals surface area contributed by atoms with Crippen LogP contribution in [0, 0.1) is 0 Å². The lowest BCUT2D eigenvalue weighted by atomic mass is 9.90. The quantitative estimate of drug-likeness (QED) is 0.797. The summed E-state index contributed by atoms with van der Waals surface area (Å²) < 4.78 is 6.92. The molecule has 2 aliphatic rings. The largest absolute Gasteiger partial charge is 0.374 e. The molecule has 2 unspecified atom stereocenters. The Labute approximate surface area is 110 Å². The van der Waals surface area contributed by atoms with Crippen LogP contribution in [0.1, 0.15) is 25.7 Å². The standard InChI is InChI=1S/C13H17BrN2O/c14-10-5-6-13(15-9-10)16-7-8-17-12-4-2-1-3-11(12)16/h5-6,9,11-12H,1-4,7-8H2. The van der Waals surface area contributed by atoms with Gasteiger partial charge in [-0.05, 0) is 40.9 Å². The zero-order valence-corrected chi connectivity index (χ0v) is 11.4. The molecule has 2 atom stereocenters. The van der Waals surface area contributed by atoms with Gasteiger partial charge in [0.2, 0.25) is 0 Å². The fraction of sp³-hybridized carbons (Fsp3) is 0.615. The van der Waals surface area contributed by atoms with E-state index in [1.807, 2.05) is 6.20 Å². The summed E-state index contributed by atoms with van der Waals surface area (Å²) in [5, 5.41) is 0. The van der Waals surface area contributed by atoms with Crippen molar-refractivity contribution in [2.45, 2.75) is 37.8 Å². The fourth-order valence-electron chi connectivity index (χ4n) is 2.92. The number of anilines is 1. The van der Waals surface area contributed by atoms with Gasteiger partial charge in [0.25, 0.3) is 0 Å². The molecule has 1 saturated carbocycles. The highest BCUT2D eigenvalue weighted by Gasteiger charge is 2.34. The van der Waals surface area contributed by atoms with Gasteiger partial charge in [0, 0.05) is 17.2 Å². The molecule has 4 heteroatoms. The van der Waals surface area contributed by atoms with E-state index in [2.05, 4.69) is 37.9 Å². The Hall–Kier alpha value is -0.610. The maximum atomic E-state index is 5.88. The Morgan fingerprint density at radius 3 is 3.00 bits per heavy atom. The predicted octanol–water partition coefficient (Wildman–Crippen LogP) is 2.99. The van der Waals surface area contributed by atoms with Crippen molar-refractivity contribution in [1.82, 2.24) is 4.98 Å². The van der Waals surface area contributed by atoms with Crippen molar-refractivity contribution in [3.05, 3.63) is 22.8 Å². The van der Waals surface area contributed by atoms with Crippen LogP contribution in [0.3, 0.4) is 0 Å². The smallest absolute Gasteiger partial charge is 0.128 e. The predicted molar refractivity (Wildman–Crippen MR) is 71.3 cm³/mol. The SMILES string of the molecule is Brc1ccc(N2CCOC3CCCCC32)nc1. The molecule has 0 amide bonds. The minimum Gasteiger partial charge on any atom is -0.374 e. The number of nitrogens with zero attached hydrogens (tertiary/aromatic N) is 2. The molecule has 17 heavy (non-hydrogen) atoms. The molecule has 92 valence electrons. The minimum absolute atomic E-state index is 0.419. The third-order valence-corrected chi connectivity index (χ3v) is 4.21. The first kappa shape index (κ1) is 11.5. The zero-order valence-electron chi connectivity index (χ0n) is 9.81. The molecule has 2 heterocycles. The summed E-state index contributed by atoms with van der Waals surface area (Å²) in [6.45, 7) is 1.80. The number of fused-ring (bicyclic) bond motifs is 1. The molecule has 1 saturated heterocycles. The molecule has 3 rings (SSSR count). The van der Waals surface area contributed by atoms with Gasteiger partial charge in [0.05, 0.1) is 18.8 Å². The van der Waals surface area contributed by atoms with Crippen molar-refractivity contribution in [2.75, 3.05) is 18.1 Å². The third-order valence-electron chi connectivity index (χ3n) is 3.74. The van der Waals surface area contributed by atoms with Crippen LogP contribution < -0.4 is 4.90 Å². The molecule has 1 aliphatic heterocycles. The Kier molecular flexibility index (Phi) is 3.34. The van der Waals surface area contributed by atoms with Crippen molar-refractivity contribution in [3.63, 3.8) is 0 Å². The molecule has 2 fully saturated rings. The van der Waals surface area contributed by atoms with Gasteiger partial charge in [0.15, 0.2) is 0 Å². The van der Waals surface area contributed by atoms with Crippen LogP contribution in [0.2, 0.25) is 0 Å². The topological polar surface area (TPSA) is 25.4 Å². The number of halogens is 1. The number of ether oxygens (including phenoxy) is 1. The number of aromatic nitrogens is 1. The lowest BCUT2D eigenvalue weighted by molar-refractivity contribution is -0.00898. The molecule has 3 nitrogen and oxygen atoms in total. The molecule has 0 radical (unpaired) electrons. The van der Waals surface area contributed by atoms with Crippen molar-refractivity contribution in [2.24, 2.45) is 0 Å². The van der Waals surface area contributed by atoms with Crippen molar-refractivity contribution in [3.8, 4) is 0 Å². The van der Waals surface area contributed by atoms with Gasteiger partial charge < -0.3 is 9.64 Å². The number of hydrogen-bond donors (Lipinski definition) is 0. The van der Waals surface area contributed by atoms with E-state index in [-0.39, 0.29) is 0 Å². The molecule has 0 N–H and O–H groups in total. The summed E-state index contributed by atoms with van der Waals surface area (Å²) in [6.07, 6.45) is 7.37. The maximum absolute atomic E-state index is 5.88. The minimum atomic E-state index is 0.419. The molecule has 1 aliphatic carbocycles. The number of rotatable bonds is 1. The van der Waals surface area contributed by atoms with Crippen LogP contribution in [-0.4, -0.2) is 30.3 Å². The van der Waals surface area contributed by atoms with Crippen molar-refractivity contribution < 1.29 is 4.74 Å². The van der Waals surface area contributed by atoms with E-state index in [4.69, 9.17) is 4.74 Å². The average molecular weight is 297 g/mol. The first-order chi connectivity index (χ1) is 8.34. The van der Waals surface area contributed by atoms with E-state index in [0.717, 1.165) is 23.4 Å². The van der Waals surface area contributed by atoms with Crippen LogP contribution in [0.4, 0.5) is 5.82 Å². The Bertz CT molecular complexity index is 380. The normalized spacial score (nSPS) is 28.9. The van der Waals surface area contributed by atoms with E-state index < -0.39 is 0 Å². The second kappa shape index (κ2) is 4.94. The summed E-state index contributed by atoms with van der Waals surface area (Å²) in [5.74, 6) is 1.09. The van der Waals surface area contributed by atoms with Crippen molar-refractivity contribution in [1.29, 1.82) is 0 Å². The second-order valence-electron chi connectivity index (χ2n) is 4.79. The van der Waals surface area contributed by atoms with Crippen LogP contribution in [0.15, 0.2) is 22.8 Å². The third kappa shape index (κ3) is 2.33. The van der Waals surface area contributed by atoms with Crippen molar-refractivity contribution >= 4 is 21.7 Å². The number of morpholine rings is 1. The van der Waals surface area contributed by atoms with Crippen LogP contribution in [0.25, 0.3) is 0 Å². The van der Waals surface area contributed by atoms with E-state index in [0.29, 0.717) is 12.1 Å². The molecule has 1 aromatic rings. The first-order valence-corrected chi connectivity index (χ1v) is 7.14. The molecule has 0 bridgehead atoms. The lowest BCUT2D eigenvalue weighted by Gasteiger charge is -2.44. The van der Waals surface area contributed by atoms with Gasteiger partial charge in [-0.1, -0.05) is 12.8 Å². The first-order valence-electron chi connectivity index (χ1n) is 6.34. The Morgan fingerprint density at radius 1 is 1.29 bits per heavy atom. The monoisotopic (exact) mass is 296 g/mol. The average Bonchev–Trinajstić information content (AvgIpc) is 2.39. The lowest BCUT2D eigenvalue weighted by Crippen LogP contribution is -2.53. The van der Waals surface area contributed by atoms with Crippen LogP contribution in [0.5, 0.6) is 0 Å². The van der Waals surface area contributed by atoms with Gasteiger partial charge in [-0.15, -0.1) is 0 Å². The summed E-state index contributed by atoms with van der Waals surface area (Å²) in [6, 6.07) is 4.70. The highest BCUT2D eigenvalue weighted by atomic mass is 79.9. The highest BCUT2D eigenvalue weighted by molar-refractivity contribution is 9.10. The van der Waals surface area contributed by atoms with Gasteiger partial charge in [0.1, 0.15) is 5.82 Å². The summed E-state index contributed by atoms with van der Waals surface area (Å²) in [4.78, 5) is 6.95. The second-order valence-corrected chi connectivity index (χ2v) is 5.70. The maximum Gasteiger partial charge on any atom is 0.128 e. The summed E-state index contributed by atoms with van der Waals surface area (Å²) in [7, 11) is 0. The van der Waals surface area contributed by atoms with Crippen LogP contribution in [-0.2, 0) is 4.74 Å². The van der Waals surface area contributed by atoms with Gasteiger partial charge in [-0.2, -0.15) is 0 Å². The van der Waals surface area contributed by atoms with E-state index in [1.54, 1.807) is 0 Å². The Morgan fingerprint density at radius 2 is 2.18 bits per heavy atom. The van der Waals surface area contributed by atoms with Gasteiger partial charge in [-0.3, -0.25) is 0 Å². The van der Waals surface area contributed by atoms with E-state index in [1.165, 1.54) is 25.7 Å². The van der Waals surface area contributed by atoms with Crippen LogP contribution >= 0.6 is 15.9 Å². The molecule has 0 spiro atoms. The fourth-order valence-corrected chi connectivity index (χ4v) is 3.15. The van der Waals surface area contributed by atoms with Gasteiger partial charge in [-0.25, -0.2) is 4.98 Å². The van der Waals surface area contributed by atoms with Gasteiger partial charge >= 0.3 is 0 Å². The molecular weight excluding hydrogens is 280 g/mol. The molecule has 0 aromatic carbocycles. The van der Waals surface area contributed by atoms with E-state index in [9.17, 15) is 0 Å². The molecular formula is C13H17BrN2O. The highest BCUT2D eigenvalue weighted by Crippen LogP contribution is 2.31. The summed E-state index contributed by atoms with van der Waals surface area (Å²) in [5.41, 5.74) is 0. The molecule has 1 aromatic heterocycles. The Balaban J connectivity index is 1.83. The summed E-state index contributed by atoms with van der Waals surface area (Å²) >= 11 is 3.43. The number of pyridine rings is 1. The van der Waals surface area contributed by atoms with E-state index >= 15 is 0 Å². The number of hydrogen-bond acceptors (Lipinski definition) is 3.